The molecule has 88 valence electrons. The average Bonchev–Trinajstić information content (AvgIpc) is 2.29. The van der Waals surface area contributed by atoms with Crippen molar-refractivity contribution in [2.24, 2.45) is 5.92 Å². The smallest absolute Gasteiger partial charge is 0.0103 e. The van der Waals surface area contributed by atoms with Crippen molar-refractivity contribution in [1.29, 1.82) is 0 Å². The minimum Gasteiger partial charge on any atom is -0.319 e. The summed E-state index contributed by atoms with van der Waals surface area (Å²) in [7, 11) is 2.07. The zero-order chi connectivity index (χ0) is 11.6. The monoisotopic (exact) mass is 217 g/mol. The molecule has 0 heterocycles. The Morgan fingerprint density at radius 1 is 1.31 bits per heavy atom. The van der Waals surface area contributed by atoms with Crippen molar-refractivity contribution < 1.29 is 0 Å². The third-order valence-corrected chi connectivity index (χ3v) is 4.22. The van der Waals surface area contributed by atoms with Gasteiger partial charge in [0.25, 0.3) is 0 Å². The molecule has 0 fully saturated rings. The van der Waals surface area contributed by atoms with Crippen LogP contribution in [0, 0.1) is 5.92 Å². The summed E-state index contributed by atoms with van der Waals surface area (Å²) in [4.78, 5) is 0. The lowest BCUT2D eigenvalue weighted by Crippen LogP contribution is -2.44. The van der Waals surface area contributed by atoms with E-state index < -0.39 is 0 Å². The van der Waals surface area contributed by atoms with E-state index >= 15 is 0 Å². The highest BCUT2D eigenvalue weighted by atomic mass is 14.8. The first-order chi connectivity index (χ1) is 7.70. The molecule has 0 saturated heterocycles. The lowest BCUT2D eigenvalue weighted by Gasteiger charge is -2.42. The van der Waals surface area contributed by atoms with Crippen LogP contribution in [-0.4, -0.2) is 13.6 Å². The molecule has 1 nitrogen and oxygen atoms in total. The van der Waals surface area contributed by atoms with Gasteiger partial charge in [0.1, 0.15) is 0 Å². The van der Waals surface area contributed by atoms with Gasteiger partial charge in [-0.2, -0.15) is 0 Å². The van der Waals surface area contributed by atoms with E-state index in [2.05, 4.69) is 50.5 Å². The van der Waals surface area contributed by atoms with Crippen LogP contribution in [0.4, 0.5) is 0 Å². The Balaban J connectivity index is 2.48. The second kappa shape index (κ2) is 4.58. The first-order valence-corrected chi connectivity index (χ1v) is 6.43. The van der Waals surface area contributed by atoms with Crippen molar-refractivity contribution in [2.75, 3.05) is 13.6 Å². The predicted octanol–water partition coefficient (Wildman–Crippen LogP) is 3.14. The van der Waals surface area contributed by atoms with Gasteiger partial charge in [-0.05, 0) is 43.4 Å². The van der Waals surface area contributed by atoms with E-state index in [1.54, 1.807) is 11.1 Å². The summed E-state index contributed by atoms with van der Waals surface area (Å²) in [6.07, 6.45) is 3.91. The van der Waals surface area contributed by atoms with Gasteiger partial charge in [-0.25, -0.2) is 0 Å². The van der Waals surface area contributed by atoms with Crippen LogP contribution in [0.3, 0.4) is 0 Å². The number of likely N-dealkylation sites (N-methyl/N-ethyl adjacent to an activating group) is 1. The second-order valence-corrected chi connectivity index (χ2v) is 5.35. The standard InChI is InChI=1S/C15H23N/c1-12(2)15(11-16-3)10-6-8-13-7-4-5-9-14(13)15/h4-5,7,9,12,16H,6,8,10-11H2,1-3H3. The summed E-state index contributed by atoms with van der Waals surface area (Å²) in [6, 6.07) is 9.01. The number of hydrogen-bond acceptors (Lipinski definition) is 1. The first kappa shape index (κ1) is 11.7. The van der Waals surface area contributed by atoms with Gasteiger partial charge in [-0.15, -0.1) is 0 Å². The fraction of sp³-hybridized carbons (Fsp3) is 0.600. The maximum absolute atomic E-state index is 3.40. The van der Waals surface area contributed by atoms with Crippen molar-refractivity contribution in [3.05, 3.63) is 35.4 Å². The lowest BCUT2D eigenvalue weighted by molar-refractivity contribution is 0.256. The number of aryl methyl sites for hydroxylation is 1. The summed E-state index contributed by atoms with van der Waals surface area (Å²) in [6.45, 7) is 5.82. The normalized spacial score (nSPS) is 24.5. The molecular formula is C15H23N. The molecular weight excluding hydrogens is 194 g/mol. The Hall–Kier alpha value is -0.820. The topological polar surface area (TPSA) is 12.0 Å². The molecule has 1 aromatic carbocycles. The Morgan fingerprint density at radius 3 is 2.75 bits per heavy atom. The van der Waals surface area contributed by atoms with Crippen LogP contribution < -0.4 is 5.32 Å². The number of nitrogens with one attached hydrogen (secondary N) is 1. The third kappa shape index (κ3) is 1.78. The largest absolute Gasteiger partial charge is 0.319 e. The maximum atomic E-state index is 3.40. The van der Waals surface area contributed by atoms with Crippen LogP contribution in [0.2, 0.25) is 0 Å². The quantitative estimate of drug-likeness (QED) is 0.820. The first-order valence-electron chi connectivity index (χ1n) is 6.43. The lowest BCUT2D eigenvalue weighted by atomic mass is 9.64. The van der Waals surface area contributed by atoms with E-state index in [4.69, 9.17) is 0 Å². The van der Waals surface area contributed by atoms with Crippen molar-refractivity contribution >= 4 is 0 Å². The minimum atomic E-state index is 0.351. The van der Waals surface area contributed by atoms with Gasteiger partial charge >= 0.3 is 0 Å². The molecule has 0 amide bonds. The Bertz CT molecular complexity index is 356. The molecule has 0 saturated carbocycles. The molecule has 1 heteroatoms. The van der Waals surface area contributed by atoms with Gasteiger partial charge in [0, 0.05) is 12.0 Å². The van der Waals surface area contributed by atoms with Crippen LogP contribution in [0.1, 0.15) is 37.8 Å². The summed E-state index contributed by atoms with van der Waals surface area (Å²) in [5.74, 6) is 0.696. The van der Waals surface area contributed by atoms with Gasteiger partial charge in [0.15, 0.2) is 0 Å². The Labute approximate surface area is 99.3 Å². The van der Waals surface area contributed by atoms with Crippen molar-refractivity contribution in [1.82, 2.24) is 5.32 Å². The molecule has 1 aliphatic rings. The van der Waals surface area contributed by atoms with Crippen molar-refractivity contribution in [3.63, 3.8) is 0 Å². The molecule has 0 bridgehead atoms. The van der Waals surface area contributed by atoms with E-state index in [0.29, 0.717) is 11.3 Å². The molecule has 1 N–H and O–H groups in total. The molecule has 0 aliphatic heterocycles. The molecule has 0 radical (unpaired) electrons. The van der Waals surface area contributed by atoms with Crippen LogP contribution >= 0.6 is 0 Å². The van der Waals surface area contributed by atoms with Gasteiger partial charge < -0.3 is 5.32 Å². The van der Waals surface area contributed by atoms with Gasteiger partial charge in [0.05, 0.1) is 0 Å². The molecule has 1 unspecified atom stereocenters. The summed E-state index contributed by atoms with van der Waals surface area (Å²) < 4.78 is 0. The van der Waals surface area contributed by atoms with Gasteiger partial charge in [-0.3, -0.25) is 0 Å². The maximum Gasteiger partial charge on any atom is 0.0103 e. The minimum absolute atomic E-state index is 0.351. The van der Waals surface area contributed by atoms with Crippen LogP contribution in [-0.2, 0) is 11.8 Å². The summed E-state index contributed by atoms with van der Waals surface area (Å²) in [5, 5.41) is 3.40. The zero-order valence-corrected chi connectivity index (χ0v) is 10.7. The molecule has 1 atom stereocenters. The molecule has 0 spiro atoms. The Morgan fingerprint density at radius 2 is 2.06 bits per heavy atom. The second-order valence-electron chi connectivity index (χ2n) is 5.35. The highest BCUT2D eigenvalue weighted by Gasteiger charge is 2.38. The third-order valence-electron chi connectivity index (χ3n) is 4.22. The number of fused-ring (bicyclic) bond motifs is 1. The van der Waals surface area contributed by atoms with Gasteiger partial charge in [-0.1, -0.05) is 38.1 Å². The molecule has 0 aromatic heterocycles. The van der Waals surface area contributed by atoms with Crippen LogP contribution in [0.5, 0.6) is 0 Å². The summed E-state index contributed by atoms with van der Waals surface area (Å²) in [5.41, 5.74) is 3.51. The van der Waals surface area contributed by atoms with E-state index in [-0.39, 0.29) is 0 Å². The number of rotatable bonds is 3. The zero-order valence-electron chi connectivity index (χ0n) is 10.7. The average molecular weight is 217 g/mol. The van der Waals surface area contributed by atoms with E-state index in [0.717, 1.165) is 6.54 Å². The summed E-state index contributed by atoms with van der Waals surface area (Å²) >= 11 is 0. The SMILES string of the molecule is CNCC1(C(C)C)CCCc2ccccc21. The predicted molar refractivity (Wildman–Crippen MR) is 69.8 cm³/mol. The highest BCUT2D eigenvalue weighted by molar-refractivity contribution is 5.37. The molecule has 1 aliphatic carbocycles. The molecule has 16 heavy (non-hydrogen) atoms. The fourth-order valence-corrected chi connectivity index (χ4v) is 3.26. The number of hydrogen-bond donors (Lipinski definition) is 1. The van der Waals surface area contributed by atoms with Crippen LogP contribution in [0.15, 0.2) is 24.3 Å². The van der Waals surface area contributed by atoms with E-state index in [1.807, 2.05) is 0 Å². The van der Waals surface area contributed by atoms with E-state index in [1.165, 1.54) is 19.3 Å². The van der Waals surface area contributed by atoms with Crippen LogP contribution in [0.25, 0.3) is 0 Å². The Kier molecular flexibility index (Phi) is 3.34. The van der Waals surface area contributed by atoms with Gasteiger partial charge in [0.2, 0.25) is 0 Å². The molecule has 2 rings (SSSR count). The van der Waals surface area contributed by atoms with E-state index in [9.17, 15) is 0 Å². The van der Waals surface area contributed by atoms with Crippen molar-refractivity contribution in [3.8, 4) is 0 Å². The fourth-order valence-electron chi connectivity index (χ4n) is 3.26. The highest BCUT2D eigenvalue weighted by Crippen LogP contribution is 2.42. The molecule has 1 aromatic rings. The van der Waals surface area contributed by atoms with Crippen molar-refractivity contribution in [2.45, 2.75) is 38.5 Å². The number of benzene rings is 1.